The van der Waals surface area contributed by atoms with Crippen LogP contribution < -0.4 is 0 Å². The lowest BCUT2D eigenvalue weighted by Crippen LogP contribution is -2.28. The highest BCUT2D eigenvalue weighted by Crippen LogP contribution is 2.31. The Kier molecular flexibility index (Phi) is 4.36. The van der Waals surface area contributed by atoms with E-state index in [4.69, 9.17) is 16.3 Å². The predicted molar refractivity (Wildman–Crippen MR) is 58.4 cm³/mol. The molecule has 4 heteroatoms. The number of ether oxygens (including phenoxy) is 1. The molecule has 84 valence electrons. The third-order valence-electron chi connectivity index (χ3n) is 2.46. The minimum absolute atomic E-state index is 0.0753. The molecule has 1 aliphatic heterocycles. The van der Waals surface area contributed by atoms with Crippen molar-refractivity contribution in [1.29, 1.82) is 0 Å². The van der Waals surface area contributed by atoms with Crippen LogP contribution in [0.1, 0.15) is 13.3 Å². The Bertz CT molecular complexity index is 286. The monoisotopic (exact) mass is 230 g/mol. The SMILES string of the molecule is C=C(Cl)C[C@H]1COC(=O)[C@@H]1C(O)/C=C/C. The van der Waals surface area contributed by atoms with Gasteiger partial charge in [-0.1, -0.05) is 30.3 Å². The Morgan fingerprint density at radius 3 is 3.07 bits per heavy atom. The molecule has 1 fully saturated rings. The van der Waals surface area contributed by atoms with E-state index in [-0.39, 0.29) is 11.9 Å². The van der Waals surface area contributed by atoms with Crippen LogP contribution in [0.15, 0.2) is 23.8 Å². The number of hydrogen-bond donors (Lipinski definition) is 1. The highest BCUT2D eigenvalue weighted by atomic mass is 35.5. The number of aliphatic hydroxyl groups is 1. The maximum absolute atomic E-state index is 11.4. The summed E-state index contributed by atoms with van der Waals surface area (Å²) in [6.07, 6.45) is 2.99. The molecule has 1 rings (SSSR count). The first-order valence-electron chi connectivity index (χ1n) is 4.87. The van der Waals surface area contributed by atoms with Crippen molar-refractivity contribution in [3.05, 3.63) is 23.8 Å². The number of aliphatic hydroxyl groups excluding tert-OH is 1. The average Bonchev–Trinajstić information content (AvgIpc) is 2.46. The molecular weight excluding hydrogens is 216 g/mol. The summed E-state index contributed by atoms with van der Waals surface area (Å²) in [5.74, 6) is -0.950. The van der Waals surface area contributed by atoms with Crippen molar-refractivity contribution >= 4 is 17.6 Å². The van der Waals surface area contributed by atoms with E-state index in [2.05, 4.69) is 6.58 Å². The topological polar surface area (TPSA) is 46.5 Å². The second-order valence-corrected chi connectivity index (χ2v) is 4.19. The summed E-state index contributed by atoms with van der Waals surface area (Å²) < 4.78 is 4.91. The summed E-state index contributed by atoms with van der Waals surface area (Å²) in [6.45, 7) is 5.68. The first kappa shape index (κ1) is 12.3. The van der Waals surface area contributed by atoms with E-state index in [1.807, 2.05) is 0 Å². The number of carbonyl (C=O) groups is 1. The second kappa shape index (κ2) is 5.33. The summed E-state index contributed by atoms with van der Waals surface area (Å²) in [5.41, 5.74) is 0. The van der Waals surface area contributed by atoms with E-state index in [0.717, 1.165) is 0 Å². The van der Waals surface area contributed by atoms with Crippen molar-refractivity contribution in [1.82, 2.24) is 0 Å². The van der Waals surface area contributed by atoms with Gasteiger partial charge in [0.1, 0.15) is 0 Å². The van der Waals surface area contributed by atoms with Crippen LogP contribution in [0.2, 0.25) is 0 Å². The molecule has 0 aromatic rings. The van der Waals surface area contributed by atoms with Gasteiger partial charge in [0, 0.05) is 11.0 Å². The van der Waals surface area contributed by atoms with Crippen molar-refractivity contribution in [3.63, 3.8) is 0 Å². The Hall–Kier alpha value is -0.800. The quantitative estimate of drug-likeness (QED) is 0.592. The molecule has 3 atom stereocenters. The zero-order valence-electron chi connectivity index (χ0n) is 8.65. The molecule has 3 nitrogen and oxygen atoms in total. The minimum Gasteiger partial charge on any atom is -0.465 e. The van der Waals surface area contributed by atoms with Crippen LogP contribution in [0.5, 0.6) is 0 Å². The predicted octanol–water partition coefficient (Wildman–Crippen LogP) is 1.86. The van der Waals surface area contributed by atoms with Crippen molar-refractivity contribution in [2.45, 2.75) is 19.4 Å². The lowest BCUT2D eigenvalue weighted by molar-refractivity contribution is -0.143. The molecule has 1 N–H and O–H groups in total. The Labute approximate surface area is 94.4 Å². The van der Waals surface area contributed by atoms with Crippen molar-refractivity contribution in [2.75, 3.05) is 6.61 Å². The maximum atomic E-state index is 11.4. The fraction of sp³-hybridized carbons (Fsp3) is 0.545. The summed E-state index contributed by atoms with van der Waals surface area (Å²) >= 11 is 5.69. The highest BCUT2D eigenvalue weighted by molar-refractivity contribution is 6.29. The van der Waals surface area contributed by atoms with Crippen LogP contribution >= 0.6 is 11.6 Å². The van der Waals surface area contributed by atoms with E-state index < -0.39 is 12.0 Å². The number of halogens is 1. The molecule has 0 bridgehead atoms. The van der Waals surface area contributed by atoms with Gasteiger partial charge in [-0.15, -0.1) is 0 Å². The largest absolute Gasteiger partial charge is 0.465 e. The second-order valence-electron chi connectivity index (χ2n) is 3.65. The molecule has 15 heavy (non-hydrogen) atoms. The smallest absolute Gasteiger partial charge is 0.312 e. The normalized spacial score (nSPS) is 28.1. The summed E-state index contributed by atoms with van der Waals surface area (Å²) in [4.78, 5) is 11.4. The number of carbonyl (C=O) groups excluding carboxylic acids is 1. The summed E-state index contributed by atoms with van der Waals surface area (Å²) in [7, 11) is 0. The Balaban J connectivity index is 2.72. The number of rotatable bonds is 4. The first-order chi connectivity index (χ1) is 7.06. The van der Waals surface area contributed by atoms with Crippen LogP contribution in [-0.4, -0.2) is 23.8 Å². The van der Waals surface area contributed by atoms with Gasteiger partial charge in [0.05, 0.1) is 18.6 Å². The molecule has 1 aliphatic rings. The molecule has 0 aromatic heterocycles. The summed E-state index contributed by atoms with van der Waals surface area (Å²) in [6, 6.07) is 0. The van der Waals surface area contributed by atoms with Crippen molar-refractivity contribution in [2.24, 2.45) is 11.8 Å². The lowest BCUT2D eigenvalue weighted by atomic mass is 9.87. The molecule has 0 saturated carbocycles. The molecule has 0 aromatic carbocycles. The van der Waals surface area contributed by atoms with E-state index in [1.54, 1.807) is 19.1 Å². The van der Waals surface area contributed by atoms with Crippen molar-refractivity contribution < 1.29 is 14.6 Å². The Morgan fingerprint density at radius 1 is 1.87 bits per heavy atom. The summed E-state index contributed by atoms with van der Waals surface area (Å²) in [5, 5.41) is 10.2. The van der Waals surface area contributed by atoms with Gasteiger partial charge in [-0.05, 0) is 13.3 Å². The fourth-order valence-corrected chi connectivity index (χ4v) is 1.99. The van der Waals surface area contributed by atoms with Crippen LogP contribution in [0.4, 0.5) is 0 Å². The van der Waals surface area contributed by atoms with Crippen LogP contribution in [0, 0.1) is 11.8 Å². The van der Waals surface area contributed by atoms with Gasteiger partial charge in [-0.2, -0.15) is 0 Å². The molecule has 0 amide bonds. The Morgan fingerprint density at radius 2 is 2.53 bits per heavy atom. The van der Waals surface area contributed by atoms with Gasteiger partial charge < -0.3 is 9.84 Å². The molecule has 1 saturated heterocycles. The number of cyclic esters (lactones) is 1. The molecule has 0 spiro atoms. The van der Waals surface area contributed by atoms with Gasteiger partial charge in [0.15, 0.2) is 0 Å². The fourth-order valence-electron chi connectivity index (χ4n) is 1.79. The van der Waals surface area contributed by atoms with Gasteiger partial charge in [0.25, 0.3) is 0 Å². The lowest BCUT2D eigenvalue weighted by Gasteiger charge is -2.17. The molecule has 0 radical (unpaired) electrons. The zero-order valence-corrected chi connectivity index (χ0v) is 9.41. The average molecular weight is 231 g/mol. The third-order valence-corrected chi connectivity index (χ3v) is 2.62. The molecule has 1 unspecified atom stereocenters. The van der Waals surface area contributed by atoms with Gasteiger partial charge in [0.2, 0.25) is 0 Å². The number of hydrogen-bond acceptors (Lipinski definition) is 3. The van der Waals surface area contributed by atoms with Crippen LogP contribution in [0.3, 0.4) is 0 Å². The van der Waals surface area contributed by atoms with E-state index >= 15 is 0 Å². The standard InChI is InChI=1S/C11H15ClO3/c1-3-4-9(13)10-8(5-7(2)12)6-15-11(10)14/h3-4,8-10,13H,2,5-6H2,1H3/b4-3+/t8-,9?,10-/m0/s1. The number of esters is 1. The van der Waals surface area contributed by atoms with Gasteiger partial charge >= 0.3 is 5.97 Å². The minimum atomic E-state index is -0.800. The van der Waals surface area contributed by atoms with Crippen LogP contribution in [0.25, 0.3) is 0 Å². The van der Waals surface area contributed by atoms with Crippen molar-refractivity contribution in [3.8, 4) is 0 Å². The van der Waals surface area contributed by atoms with Crippen LogP contribution in [-0.2, 0) is 9.53 Å². The molecular formula is C11H15ClO3. The van der Waals surface area contributed by atoms with Gasteiger partial charge in [-0.3, -0.25) is 4.79 Å². The van der Waals surface area contributed by atoms with Gasteiger partial charge in [-0.25, -0.2) is 0 Å². The van der Waals surface area contributed by atoms with E-state index in [1.165, 1.54) is 0 Å². The molecule has 0 aliphatic carbocycles. The first-order valence-corrected chi connectivity index (χ1v) is 5.25. The highest BCUT2D eigenvalue weighted by Gasteiger charge is 2.40. The van der Waals surface area contributed by atoms with E-state index in [0.29, 0.717) is 18.1 Å². The number of allylic oxidation sites excluding steroid dienone is 2. The maximum Gasteiger partial charge on any atom is 0.312 e. The third kappa shape index (κ3) is 3.08. The van der Waals surface area contributed by atoms with E-state index in [9.17, 15) is 9.90 Å². The zero-order chi connectivity index (χ0) is 11.4. The molecule has 1 heterocycles.